The van der Waals surface area contributed by atoms with Crippen LogP contribution in [0.1, 0.15) is 32.6 Å². The lowest BCUT2D eigenvalue weighted by Gasteiger charge is -2.23. The van der Waals surface area contributed by atoms with Gasteiger partial charge < -0.3 is 11.1 Å². The molecule has 6 nitrogen and oxygen atoms in total. The van der Waals surface area contributed by atoms with Crippen LogP contribution >= 0.6 is 11.5 Å². The molecule has 2 aliphatic rings. The van der Waals surface area contributed by atoms with Crippen LogP contribution in [-0.4, -0.2) is 48.6 Å². The highest BCUT2D eigenvalue weighted by molar-refractivity contribution is 7.92. The maximum absolute atomic E-state index is 12.5. The van der Waals surface area contributed by atoms with E-state index in [-0.39, 0.29) is 16.0 Å². The Hall–Kier alpha value is -0.860. The number of rotatable bonds is 6. The summed E-state index contributed by atoms with van der Waals surface area (Å²) in [6, 6.07) is 0.467. The number of hydrogen-bond donors (Lipinski definition) is 2. The van der Waals surface area contributed by atoms with Crippen molar-refractivity contribution in [2.45, 2.75) is 48.8 Å². The summed E-state index contributed by atoms with van der Waals surface area (Å²) in [5.74, 6) is 0.146. The van der Waals surface area contributed by atoms with Gasteiger partial charge in [0, 0.05) is 12.6 Å². The molecule has 1 atom stereocenters. The number of anilines is 2. The maximum Gasteiger partial charge on any atom is 0.187 e. The molecule has 0 radical (unpaired) electrons. The zero-order chi connectivity index (χ0) is 15.0. The lowest BCUT2D eigenvalue weighted by Crippen LogP contribution is -2.34. The fraction of sp³-hybridized carbons (Fsp3) is 0.769. The molecule has 0 bridgehead atoms. The second kappa shape index (κ2) is 5.73. The minimum Gasteiger partial charge on any atom is -0.382 e. The van der Waals surface area contributed by atoms with E-state index in [0.717, 1.165) is 50.4 Å². The minimum atomic E-state index is -3.30. The summed E-state index contributed by atoms with van der Waals surface area (Å²) in [6.07, 6.45) is 3.84. The van der Waals surface area contributed by atoms with E-state index in [2.05, 4.69) is 21.5 Å². The first-order chi connectivity index (χ1) is 10.0. The SMILES string of the molecule is CCN1CCCC1CNc1snc(N)c1S(=O)(=O)C1CC1. The Labute approximate surface area is 129 Å². The Balaban J connectivity index is 1.74. The van der Waals surface area contributed by atoms with Crippen molar-refractivity contribution < 1.29 is 8.42 Å². The average molecular weight is 330 g/mol. The molecule has 1 saturated heterocycles. The molecule has 1 unspecified atom stereocenters. The van der Waals surface area contributed by atoms with Crippen molar-refractivity contribution in [3.8, 4) is 0 Å². The summed E-state index contributed by atoms with van der Waals surface area (Å²) in [5.41, 5.74) is 5.80. The number of hydrogen-bond acceptors (Lipinski definition) is 7. The van der Waals surface area contributed by atoms with Gasteiger partial charge in [0.1, 0.15) is 9.90 Å². The van der Waals surface area contributed by atoms with Gasteiger partial charge in [-0.15, -0.1) is 0 Å². The zero-order valence-corrected chi connectivity index (χ0v) is 13.8. The normalized spacial score (nSPS) is 23.6. The van der Waals surface area contributed by atoms with Gasteiger partial charge in [0.2, 0.25) is 0 Å². The Morgan fingerprint density at radius 2 is 2.19 bits per heavy atom. The lowest BCUT2D eigenvalue weighted by atomic mass is 10.2. The van der Waals surface area contributed by atoms with Crippen molar-refractivity contribution >= 4 is 32.2 Å². The van der Waals surface area contributed by atoms with Crippen LogP contribution in [0.3, 0.4) is 0 Å². The minimum absolute atomic E-state index is 0.146. The van der Waals surface area contributed by atoms with E-state index in [9.17, 15) is 8.42 Å². The Morgan fingerprint density at radius 1 is 1.43 bits per heavy atom. The van der Waals surface area contributed by atoms with Gasteiger partial charge in [0.15, 0.2) is 15.7 Å². The van der Waals surface area contributed by atoms with Crippen LogP contribution in [-0.2, 0) is 9.84 Å². The molecule has 1 aliphatic carbocycles. The molecule has 1 aromatic rings. The summed E-state index contributed by atoms with van der Waals surface area (Å²) in [5, 5.41) is 3.64. The maximum atomic E-state index is 12.5. The lowest BCUT2D eigenvalue weighted by molar-refractivity contribution is 0.277. The summed E-state index contributed by atoms with van der Waals surface area (Å²) in [7, 11) is -3.30. The Kier molecular flexibility index (Phi) is 4.11. The number of nitrogen functional groups attached to an aromatic ring is 1. The first kappa shape index (κ1) is 15.1. The zero-order valence-electron chi connectivity index (χ0n) is 12.2. The number of aromatic nitrogens is 1. The van der Waals surface area contributed by atoms with E-state index < -0.39 is 9.84 Å². The third-order valence-corrected chi connectivity index (χ3v) is 7.60. The number of nitrogens with one attached hydrogen (secondary N) is 1. The summed E-state index contributed by atoms with van der Waals surface area (Å²) < 4.78 is 28.9. The molecule has 0 spiro atoms. The van der Waals surface area contributed by atoms with Crippen molar-refractivity contribution in [2.24, 2.45) is 0 Å². The second-order valence-electron chi connectivity index (χ2n) is 5.78. The quantitative estimate of drug-likeness (QED) is 0.823. The molecule has 3 N–H and O–H groups in total. The first-order valence-corrected chi connectivity index (χ1v) is 9.83. The largest absolute Gasteiger partial charge is 0.382 e. The molecular weight excluding hydrogens is 308 g/mol. The van der Waals surface area contributed by atoms with Gasteiger partial charge in [0.25, 0.3) is 0 Å². The van der Waals surface area contributed by atoms with Gasteiger partial charge in [-0.25, -0.2) is 8.42 Å². The Bertz CT molecular complexity index is 610. The number of likely N-dealkylation sites (tertiary alicyclic amines) is 1. The van der Waals surface area contributed by atoms with Crippen molar-refractivity contribution in [1.82, 2.24) is 9.27 Å². The number of nitrogens with zero attached hydrogens (tertiary/aromatic N) is 2. The third kappa shape index (κ3) is 2.89. The number of sulfone groups is 1. The van der Waals surface area contributed by atoms with E-state index in [1.807, 2.05) is 0 Å². The molecule has 8 heteroatoms. The predicted octanol–water partition coefficient (Wildman–Crippen LogP) is 1.56. The van der Waals surface area contributed by atoms with Gasteiger partial charge in [-0.1, -0.05) is 6.92 Å². The summed E-state index contributed by atoms with van der Waals surface area (Å²) in [6.45, 7) is 5.07. The topological polar surface area (TPSA) is 88.3 Å². The molecule has 0 aromatic carbocycles. The molecule has 0 amide bonds. The first-order valence-electron chi connectivity index (χ1n) is 7.51. The molecule has 1 aromatic heterocycles. The fourth-order valence-electron chi connectivity index (χ4n) is 2.98. The van der Waals surface area contributed by atoms with E-state index in [0.29, 0.717) is 11.0 Å². The van der Waals surface area contributed by atoms with E-state index >= 15 is 0 Å². The van der Waals surface area contributed by atoms with Gasteiger partial charge in [-0.05, 0) is 50.3 Å². The summed E-state index contributed by atoms with van der Waals surface area (Å²) in [4.78, 5) is 2.66. The number of likely N-dealkylation sites (N-methyl/N-ethyl adjacent to an activating group) is 1. The van der Waals surface area contributed by atoms with Crippen LogP contribution in [0, 0.1) is 0 Å². The molecular formula is C13H22N4O2S2. The van der Waals surface area contributed by atoms with Gasteiger partial charge in [0.05, 0.1) is 5.25 Å². The van der Waals surface area contributed by atoms with Gasteiger partial charge in [-0.2, -0.15) is 4.37 Å². The van der Waals surface area contributed by atoms with Crippen LogP contribution in [0.25, 0.3) is 0 Å². The molecule has 1 aliphatic heterocycles. The van der Waals surface area contributed by atoms with Crippen molar-refractivity contribution in [1.29, 1.82) is 0 Å². The molecule has 1 saturated carbocycles. The highest BCUT2D eigenvalue weighted by Crippen LogP contribution is 2.41. The molecule has 2 heterocycles. The highest BCUT2D eigenvalue weighted by atomic mass is 32.2. The van der Waals surface area contributed by atoms with E-state index in [1.54, 1.807) is 0 Å². The molecule has 2 fully saturated rings. The van der Waals surface area contributed by atoms with E-state index in [4.69, 9.17) is 5.73 Å². The number of nitrogens with two attached hydrogens (primary N) is 1. The average Bonchev–Trinajstić information content (AvgIpc) is 3.11. The van der Waals surface area contributed by atoms with Crippen molar-refractivity contribution in [3.63, 3.8) is 0 Å². The monoisotopic (exact) mass is 330 g/mol. The molecule has 21 heavy (non-hydrogen) atoms. The predicted molar refractivity (Wildman–Crippen MR) is 85.5 cm³/mol. The molecule has 3 rings (SSSR count). The van der Waals surface area contributed by atoms with E-state index in [1.165, 1.54) is 6.42 Å². The van der Waals surface area contributed by atoms with Crippen LogP contribution in [0.4, 0.5) is 10.8 Å². The summed E-state index contributed by atoms with van der Waals surface area (Å²) >= 11 is 1.16. The van der Waals surface area contributed by atoms with Crippen molar-refractivity contribution in [3.05, 3.63) is 0 Å². The van der Waals surface area contributed by atoms with Crippen LogP contribution < -0.4 is 11.1 Å². The van der Waals surface area contributed by atoms with Crippen molar-refractivity contribution in [2.75, 3.05) is 30.7 Å². The van der Waals surface area contributed by atoms with Gasteiger partial charge >= 0.3 is 0 Å². The Morgan fingerprint density at radius 3 is 2.86 bits per heavy atom. The van der Waals surface area contributed by atoms with Crippen LogP contribution in [0.2, 0.25) is 0 Å². The second-order valence-corrected chi connectivity index (χ2v) is 8.71. The smallest absolute Gasteiger partial charge is 0.187 e. The van der Waals surface area contributed by atoms with Crippen LogP contribution in [0.5, 0.6) is 0 Å². The fourth-order valence-corrected chi connectivity index (χ4v) is 5.87. The highest BCUT2D eigenvalue weighted by Gasteiger charge is 2.40. The molecule has 118 valence electrons. The van der Waals surface area contributed by atoms with Gasteiger partial charge in [-0.3, -0.25) is 4.90 Å². The standard InChI is InChI=1S/C13H22N4O2S2/c1-2-17-7-3-4-9(17)8-15-13-11(12(14)16-20-13)21(18,19)10-5-6-10/h9-10,15H,2-8H2,1H3,(H2,14,16). The third-order valence-electron chi connectivity index (χ3n) is 4.33. The van der Waals surface area contributed by atoms with Crippen LogP contribution in [0.15, 0.2) is 4.90 Å².